The number of benzene rings is 3. The number of hydrogen-bond acceptors (Lipinski definition) is 12. The summed E-state index contributed by atoms with van der Waals surface area (Å²) in [6, 6.07) is 18.9. The van der Waals surface area contributed by atoms with Gasteiger partial charge in [-0.1, -0.05) is 6.07 Å². The molecule has 1 spiro atoms. The van der Waals surface area contributed by atoms with Gasteiger partial charge in [0.15, 0.2) is 39.4 Å². The van der Waals surface area contributed by atoms with E-state index in [1.165, 1.54) is 25.6 Å². The fraction of sp³-hybridized carbons (Fsp3) is 0.263. The van der Waals surface area contributed by atoms with Crippen LogP contribution in [-0.4, -0.2) is 83.6 Å². The number of nitrogens with one attached hydrogen (secondary N) is 2. The highest BCUT2D eigenvalue weighted by molar-refractivity contribution is 7.13. The number of aromatic nitrogens is 3. The van der Waals surface area contributed by atoms with E-state index < -0.39 is 5.60 Å². The van der Waals surface area contributed by atoms with Crippen LogP contribution >= 0.6 is 11.3 Å². The van der Waals surface area contributed by atoms with Gasteiger partial charge in [0, 0.05) is 55.8 Å². The van der Waals surface area contributed by atoms with Gasteiger partial charge in [0.25, 0.3) is 17.7 Å². The molecule has 5 aromatic rings. The highest BCUT2D eigenvalue weighted by atomic mass is 32.1. The summed E-state index contributed by atoms with van der Waals surface area (Å²) in [7, 11) is 3.02. The van der Waals surface area contributed by atoms with Crippen LogP contribution in [0.5, 0.6) is 34.5 Å². The minimum atomic E-state index is -1.28. The van der Waals surface area contributed by atoms with Crippen LogP contribution < -0.4 is 34.3 Å². The summed E-state index contributed by atoms with van der Waals surface area (Å²) in [4.78, 5) is 55.1. The third kappa shape index (κ3) is 7.84. The molecular formula is C38H36N6O8S. The molecule has 0 atom stereocenters. The third-order valence-electron chi connectivity index (χ3n) is 8.87. The van der Waals surface area contributed by atoms with Gasteiger partial charge in [-0.05, 0) is 66.2 Å². The number of piperidine rings is 1. The van der Waals surface area contributed by atoms with E-state index in [9.17, 15) is 14.4 Å². The van der Waals surface area contributed by atoms with Crippen molar-refractivity contribution in [2.75, 3.05) is 40.5 Å². The van der Waals surface area contributed by atoms with Gasteiger partial charge < -0.3 is 39.2 Å². The lowest BCUT2D eigenvalue weighted by atomic mass is 9.89. The number of thiazole rings is 1. The Labute approximate surface area is 309 Å². The fourth-order valence-corrected chi connectivity index (χ4v) is 6.76. The van der Waals surface area contributed by atoms with Crippen LogP contribution in [0, 0.1) is 0 Å². The van der Waals surface area contributed by atoms with Gasteiger partial charge in [0.05, 0.1) is 20.8 Å². The van der Waals surface area contributed by atoms with Crippen molar-refractivity contribution in [3.05, 3.63) is 101 Å². The Hall–Kier alpha value is -6.22. The number of ether oxygens (including phenoxy) is 5. The Kier molecular flexibility index (Phi) is 10.3. The Balaban J connectivity index is 1.12. The molecule has 1 saturated heterocycles. The molecule has 7 aliphatic rings. The average Bonchev–Trinajstić information content (AvgIpc) is 3.70. The molecule has 53 heavy (non-hydrogen) atoms. The van der Waals surface area contributed by atoms with Gasteiger partial charge in [0.1, 0.15) is 23.8 Å². The molecule has 1 fully saturated rings. The lowest BCUT2D eigenvalue weighted by molar-refractivity contribution is -0.141. The number of amides is 3. The molecule has 3 amide bonds. The van der Waals surface area contributed by atoms with Crippen LogP contribution in [0.3, 0.4) is 0 Å². The normalized spacial score (nSPS) is 15.8. The molecule has 2 aromatic heterocycles. The molecule has 0 aliphatic carbocycles. The summed E-state index contributed by atoms with van der Waals surface area (Å²) < 4.78 is 29.7. The monoisotopic (exact) mass is 736 g/mol. The van der Waals surface area contributed by atoms with Gasteiger partial charge in [-0.3, -0.25) is 14.4 Å². The largest absolute Gasteiger partial charge is 0.493 e. The van der Waals surface area contributed by atoms with Crippen LogP contribution in [0.2, 0.25) is 0 Å². The first-order valence-electron chi connectivity index (χ1n) is 16.9. The average molecular weight is 737 g/mol. The second-order valence-electron chi connectivity index (χ2n) is 12.2. The molecule has 9 heterocycles. The first-order valence-corrected chi connectivity index (χ1v) is 17.8. The van der Waals surface area contributed by atoms with Crippen LogP contribution in [-0.2, 0) is 11.3 Å². The van der Waals surface area contributed by atoms with Gasteiger partial charge in [0.2, 0.25) is 0 Å². The van der Waals surface area contributed by atoms with E-state index in [1.807, 2.05) is 6.07 Å². The minimum Gasteiger partial charge on any atom is -0.493 e. The van der Waals surface area contributed by atoms with Crippen molar-refractivity contribution >= 4 is 29.1 Å². The molecule has 14 nitrogen and oxygen atoms in total. The van der Waals surface area contributed by atoms with E-state index in [2.05, 4.69) is 25.6 Å². The molecule has 0 saturated carbocycles. The smallest absolute Gasteiger partial charge is 0.273 e. The minimum absolute atomic E-state index is 0.173. The lowest BCUT2D eigenvalue weighted by Crippen LogP contribution is -2.58. The highest BCUT2D eigenvalue weighted by Crippen LogP contribution is 2.38. The van der Waals surface area contributed by atoms with Crippen LogP contribution in [0.15, 0.2) is 84.5 Å². The van der Waals surface area contributed by atoms with Gasteiger partial charge >= 0.3 is 0 Å². The Morgan fingerprint density at radius 1 is 0.887 bits per heavy atom. The summed E-state index contributed by atoms with van der Waals surface area (Å²) in [6.45, 7) is 1.17. The maximum atomic E-state index is 14.1. The predicted molar refractivity (Wildman–Crippen MR) is 194 cm³/mol. The number of carbonyl (C=O) groups excluding carboxylic acids is 3. The maximum Gasteiger partial charge on any atom is 0.273 e. The second kappa shape index (κ2) is 15.6. The van der Waals surface area contributed by atoms with E-state index >= 15 is 0 Å². The van der Waals surface area contributed by atoms with Crippen LogP contribution in [0.25, 0.3) is 10.8 Å². The van der Waals surface area contributed by atoms with Crippen LogP contribution in [0.4, 0.5) is 0 Å². The second-order valence-corrected chi connectivity index (χ2v) is 13.1. The number of carbonyl (C=O) groups is 3. The molecule has 12 rings (SSSR count). The topological polar surface area (TPSA) is 163 Å². The third-order valence-corrected chi connectivity index (χ3v) is 9.71. The van der Waals surface area contributed by atoms with Crippen molar-refractivity contribution in [3.8, 4) is 45.3 Å². The first-order chi connectivity index (χ1) is 25.8. The molecule has 6 bridgehead atoms. The van der Waals surface area contributed by atoms with Crippen LogP contribution in [0.1, 0.15) is 39.3 Å². The van der Waals surface area contributed by atoms with E-state index in [0.29, 0.717) is 56.6 Å². The number of methoxy groups -OCH3 is 2. The Morgan fingerprint density at radius 2 is 1.58 bits per heavy atom. The Bertz CT molecular complexity index is 2100. The number of nitrogens with zero attached hydrogens (tertiary/aromatic N) is 4. The molecule has 15 heteroatoms. The highest BCUT2D eigenvalue weighted by Gasteiger charge is 2.45. The van der Waals surface area contributed by atoms with E-state index in [0.717, 1.165) is 5.56 Å². The molecule has 0 radical (unpaired) electrons. The van der Waals surface area contributed by atoms with E-state index in [1.54, 1.807) is 83.3 Å². The zero-order chi connectivity index (χ0) is 36.8. The zero-order valence-electron chi connectivity index (χ0n) is 29.0. The van der Waals surface area contributed by atoms with E-state index in [4.69, 9.17) is 23.7 Å². The first kappa shape index (κ1) is 35.2. The molecular weight excluding hydrogens is 701 g/mol. The number of hydrogen-bond donors (Lipinski definition) is 2. The standard InChI is InChI=1S/C38H36N6O8S/c1-48-31-20-24-4-10-29(31)51-30-11-5-25(21-32(30)49-2)34(45)41-16-19-50-26-6-8-27(9-7-26)52-38(37(47)42-22-24)12-17-44(18-13-38)36(46)28-23-53-35(43-28)33-39-14-3-15-40-33/h3-11,14-15,20-21,23H,12-13,16-19,22H2,1-2H3,(H,41,45)(H,42,47). The lowest BCUT2D eigenvalue weighted by Gasteiger charge is -2.40. The van der Waals surface area contributed by atoms with Gasteiger partial charge in [-0.25, -0.2) is 15.0 Å². The summed E-state index contributed by atoms with van der Waals surface area (Å²) >= 11 is 1.30. The van der Waals surface area contributed by atoms with Crippen molar-refractivity contribution < 1.29 is 38.1 Å². The van der Waals surface area contributed by atoms with Crippen molar-refractivity contribution in [1.29, 1.82) is 0 Å². The van der Waals surface area contributed by atoms with Crippen molar-refractivity contribution in [3.63, 3.8) is 0 Å². The molecule has 0 unspecified atom stereocenters. The SMILES string of the molecule is COc1cc2ccc1Oc1ccc(cc1OC)C(=O)NCCOc1ccc(cc1)OC1(CCN(C(=O)c3csc(-c4ncccn4)n3)CC1)C(=O)NC2. The van der Waals surface area contributed by atoms with Gasteiger partial charge in [-0.2, -0.15) is 0 Å². The molecule has 2 N–H and O–H groups in total. The van der Waals surface area contributed by atoms with E-state index in [-0.39, 0.29) is 63.3 Å². The summed E-state index contributed by atoms with van der Waals surface area (Å²) in [6.07, 6.45) is 3.72. The van der Waals surface area contributed by atoms with Crippen molar-refractivity contribution in [2.45, 2.75) is 25.0 Å². The van der Waals surface area contributed by atoms with Crippen molar-refractivity contribution in [1.82, 2.24) is 30.5 Å². The van der Waals surface area contributed by atoms with Gasteiger partial charge in [-0.15, -0.1) is 11.3 Å². The fourth-order valence-electron chi connectivity index (χ4n) is 6.02. The number of likely N-dealkylation sites (tertiary alicyclic amines) is 1. The maximum absolute atomic E-state index is 14.1. The molecule has 272 valence electrons. The zero-order valence-corrected chi connectivity index (χ0v) is 29.8. The summed E-state index contributed by atoms with van der Waals surface area (Å²) in [5.74, 6) is 2.22. The van der Waals surface area contributed by atoms with Crippen molar-refractivity contribution in [2.24, 2.45) is 0 Å². The Morgan fingerprint density at radius 3 is 2.32 bits per heavy atom. The summed E-state index contributed by atoms with van der Waals surface area (Å²) in [5.41, 5.74) is 0.168. The molecule has 7 aliphatic heterocycles. The molecule has 3 aromatic carbocycles. The summed E-state index contributed by atoms with van der Waals surface area (Å²) in [5, 5.41) is 8.14. The number of rotatable bonds is 4. The predicted octanol–water partition coefficient (Wildman–Crippen LogP) is 4.90. The quantitative estimate of drug-likeness (QED) is 0.258.